The second kappa shape index (κ2) is 12.7. The van der Waals surface area contributed by atoms with E-state index in [0.29, 0.717) is 46.6 Å². The van der Waals surface area contributed by atoms with Gasteiger partial charge in [-0.3, -0.25) is 19.3 Å². The topological polar surface area (TPSA) is 76.2 Å². The van der Waals surface area contributed by atoms with E-state index in [0.717, 1.165) is 47.1 Å². The molecule has 2 aromatic carbocycles. The third kappa shape index (κ3) is 6.54. The summed E-state index contributed by atoms with van der Waals surface area (Å²) in [5, 5.41) is 0.449. The molecule has 2 fully saturated rings. The molecule has 0 N–H and O–H groups in total. The van der Waals surface area contributed by atoms with Crippen LogP contribution in [-0.4, -0.2) is 53.6 Å². The molecule has 200 valence electrons. The van der Waals surface area contributed by atoms with Crippen molar-refractivity contribution < 1.29 is 23.9 Å². The van der Waals surface area contributed by atoms with Gasteiger partial charge in [0.25, 0.3) is 11.1 Å². The van der Waals surface area contributed by atoms with E-state index in [2.05, 4.69) is 6.58 Å². The SMILES string of the molecule is C=CCc1cc(/C=C2\SC(=O)N(CC(=O)N3CCCCC3)C2=O)cc(OC)c1OCc1ccc(Cl)c(Cl)c1. The standard InChI is InChI=1S/C28H28Cl2N2O5S/c1-3-7-20-12-19(14-23(36-2)26(20)37-17-18-8-9-21(29)22(30)13-18)15-24-27(34)32(28(35)38-24)16-25(33)31-10-5-4-6-11-31/h3,8-9,12-15H,1,4-7,10-11,16-17H2,2H3/b24-15-. The molecule has 0 spiro atoms. The van der Waals surface area contributed by atoms with Crippen LogP contribution in [0.3, 0.4) is 0 Å². The molecule has 0 bridgehead atoms. The number of hydrogen-bond donors (Lipinski definition) is 0. The fourth-order valence-corrected chi connectivity index (χ4v) is 5.50. The summed E-state index contributed by atoms with van der Waals surface area (Å²) >= 11 is 13.0. The van der Waals surface area contributed by atoms with Crippen molar-refractivity contribution in [2.75, 3.05) is 26.7 Å². The molecule has 2 aromatic rings. The van der Waals surface area contributed by atoms with E-state index in [9.17, 15) is 14.4 Å². The zero-order valence-electron chi connectivity index (χ0n) is 21.0. The molecule has 0 saturated carbocycles. The molecule has 0 unspecified atom stereocenters. The van der Waals surface area contributed by atoms with E-state index >= 15 is 0 Å². The first-order valence-corrected chi connectivity index (χ1v) is 13.8. The molecule has 0 atom stereocenters. The summed E-state index contributed by atoms with van der Waals surface area (Å²) < 4.78 is 11.7. The van der Waals surface area contributed by atoms with Crippen LogP contribution in [0.4, 0.5) is 4.79 Å². The molecule has 0 aromatic heterocycles. The van der Waals surface area contributed by atoms with Gasteiger partial charge in [0, 0.05) is 18.7 Å². The second-order valence-electron chi connectivity index (χ2n) is 8.95. The fraction of sp³-hybridized carbons (Fsp3) is 0.321. The van der Waals surface area contributed by atoms with Gasteiger partial charge < -0.3 is 14.4 Å². The number of imide groups is 1. The lowest BCUT2D eigenvalue weighted by molar-refractivity contribution is -0.136. The quantitative estimate of drug-likeness (QED) is 0.256. The van der Waals surface area contributed by atoms with E-state index in [1.807, 2.05) is 12.1 Å². The number of carbonyl (C=O) groups excluding carboxylic acids is 3. The third-order valence-corrected chi connectivity index (χ3v) is 7.93. The Bertz CT molecular complexity index is 1290. The van der Waals surface area contributed by atoms with Crippen LogP contribution in [0, 0.1) is 0 Å². The highest BCUT2D eigenvalue weighted by Gasteiger charge is 2.37. The summed E-state index contributed by atoms with van der Waals surface area (Å²) in [5.41, 5.74) is 2.29. The Balaban J connectivity index is 1.54. The number of hydrogen-bond acceptors (Lipinski definition) is 6. The minimum absolute atomic E-state index is 0.202. The first kappa shape index (κ1) is 28.1. The number of carbonyl (C=O) groups is 3. The van der Waals surface area contributed by atoms with Crippen LogP contribution < -0.4 is 9.47 Å². The van der Waals surface area contributed by atoms with Gasteiger partial charge in [0.15, 0.2) is 11.5 Å². The molecule has 2 aliphatic heterocycles. The summed E-state index contributed by atoms with van der Waals surface area (Å²) in [6.07, 6.45) is 6.83. The lowest BCUT2D eigenvalue weighted by Crippen LogP contribution is -2.44. The number of piperidine rings is 1. The molecule has 2 aliphatic rings. The van der Waals surface area contributed by atoms with Crippen molar-refractivity contribution >= 4 is 58.1 Å². The number of amides is 3. The minimum atomic E-state index is -0.477. The molecule has 0 aliphatic carbocycles. The van der Waals surface area contributed by atoms with Gasteiger partial charge in [0.2, 0.25) is 5.91 Å². The van der Waals surface area contributed by atoms with Crippen molar-refractivity contribution in [2.45, 2.75) is 32.3 Å². The summed E-state index contributed by atoms with van der Waals surface area (Å²) in [5.74, 6) is 0.326. The van der Waals surface area contributed by atoms with Crippen LogP contribution in [0.5, 0.6) is 11.5 Å². The predicted octanol–water partition coefficient (Wildman–Crippen LogP) is 6.36. The normalized spacial score (nSPS) is 16.8. The molecule has 38 heavy (non-hydrogen) atoms. The Morgan fingerprint density at radius 2 is 1.87 bits per heavy atom. The lowest BCUT2D eigenvalue weighted by Gasteiger charge is -2.27. The monoisotopic (exact) mass is 574 g/mol. The van der Waals surface area contributed by atoms with Crippen LogP contribution in [0.2, 0.25) is 10.0 Å². The zero-order valence-corrected chi connectivity index (χ0v) is 23.3. The van der Waals surface area contributed by atoms with Crippen LogP contribution in [-0.2, 0) is 22.6 Å². The first-order valence-electron chi connectivity index (χ1n) is 12.2. The Morgan fingerprint density at radius 3 is 2.55 bits per heavy atom. The number of methoxy groups -OCH3 is 1. The number of nitrogens with zero attached hydrogens (tertiary/aromatic N) is 2. The largest absolute Gasteiger partial charge is 0.493 e. The molecule has 7 nitrogen and oxygen atoms in total. The van der Waals surface area contributed by atoms with Gasteiger partial charge in [-0.15, -0.1) is 6.58 Å². The third-order valence-electron chi connectivity index (χ3n) is 6.28. The number of likely N-dealkylation sites (tertiary alicyclic amines) is 1. The molecule has 2 heterocycles. The summed E-state index contributed by atoms with van der Waals surface area (Å²) in [7, 11) is 1.53. The average molecular weight is 576 g/mol. The average Bonchev–Trinajstić information content (AvgIpc) is 3.17. The molecule has 4 rings (SSSR count). The van der Waals surface area contributed by atoms with Crippen LogP contribution in [0.25, 0.3) is 6.08 Å². The van der Waals surface area contributed by atoms with Gasteiger partial charge in [0.1, 0.15) is 13.2 Å². The summed E-state index contributed by atoms with van der Waals surface area (Å²) in [4.78, 5) is 41.3. The Morgan fingerprint density at radius 1 is 1.11 bits per heavy atom. The van der Waals surface area contributed by atoms with Crippen molar-refractivity contribution in [3.05, 3.63) is 74.6 Å². The molecular formula is C28H28Cl2N2O5S. The Kier molecular flexibility index (Phi) is 9.41. The molecule has 2 saturated heterocycles. The van der Waals surface area contributed by atoms with Crippen molar-refractivity contribution in [1.29, 1.82) is 0 Å². The van der Waals surface area contributed by atoms with Gasteiger partial charge in [-0.2, -0.15) is 0 Å². The Labute approximate surface area is 236 Å². The number of rotatable bonds is 9. The molecular weight excluding hydrogens is 547 g/mol. The molecule has 0 radical (unpaired) electrons. The van der Waals surface area contributed by atoms with Crippen molar-refractivity contribution in [3.8, 4) is 11.5 Å². The van der Waals surface area contributed by atoms with Crippen molar-refractivity contribution in [1.82, 2.24) is 9.80 Å². The highest BCUT2D eigenvalue weighted by atomic mass is 35.5. The molecule has 10 heteroatoms. The fourth-order valence-electron chi connectivity index (χ4n) is 4.34. The number of halogens is 2. The van der Waals surface area contributed by atoms with E-state index in [4.69, 9.17) is 32.7 Å². The summed E-state index contributed by atoms with van der Waals surface area (Å²) in [6.45, 7) is 5.15. The maximum absolute atomic E-state index is 13.0. The first-order chi connectivity index (χ1) is 18.3. The van der Waals surface area contributed by atoms with Crippen molar-refractivity contribution in [2.24, 2.45) is 0 Å². The van der Waals surface area contributed by atoms with Crippen LogP contribution in [0.1, 0.15) is 36.0 Å². The van der Waals surface area contributed by atoms with E-state index in [1.54, 1.807) is 35.3 Å². The highest BCUT2D eigenvalue weighted by Crippen LogP contribution is 2.38. The van der Waals surface area contributed by atoms with Crippen LogP contribution >= 0.6 is 35.0 Å². The van der Waals surface area contributed by atoms with Crippen LogP contribution in [0.15, 0.2) is 47.9 Å². The number of benzene rings is 2. The van der Waals surface area contributed by atoms with Gasteiger partial charge in [-0.1, -0.05) is 35.3 Å². The Hall–Kier alpha value is -2.94. The smallest absolute Gasteiger partial charge is 0.294 e. The van der Waals surface area contributed by atoms with Gasteiger partial charge >= 0.3 is 0 Å². The van der Waals surface area contributed by atoms with Gasteiger partial charge in [-0.25, -0.2) is 0 Å². The van der Waals surface area contributed by atoms with Gasteiger partial charge in [0.05, 0.1) is 22.1 Å². The maximum Gasteiger partial charge on any atom is 0.294 e. The van der Waals surface area contributed by atoms with Crippen molar-refractivity contribution in [3.63, 3.8) is 0 Å². The summed E-state index contributed by atoms with van der Waals surface area (Å²) in [6, 6.07) is 8.88. The maximum atomic E-state index is 13.0. The number of ether oxygens (including phenoxy) is 2. The van der Waals surface area contributed by atoms with E-state index in [-0.39, 0.29) is 24.0 Å². The number of thioether (sulfide) groups is 1. The zero-order chi connectivity index (χ0) is 27.2. The predicted molar refractivity (Wildman–Crippen MR) is 151 cm³/mol. The number of allylic oxidation sites excluding steroid dienone is 1. The second-order valence-corrected chi connectivity index (χ2v) is 10.8. The van der Waals surface area contributed by atoms with Gasteiger partial charge in [-0.05, 0) is 78.9 Å². The lowest BCUT2D eigenvalue weighted by atomic mass is 10.0. The minimum Gasteiger partial charge on any atom is -0.493 e. The van der Waals surface area contributed by atoms with E-state index in [1.165, 1.54) is 7.11 Å². The van der Waals surface area contributed by atoms with E-state index < -0.39 is 11.1 Å². The highest BCUT2D eigenvalue weighted by molar-refractivity contribution is 8.18. The molecule has 3 amide bonds.